The fraction of sp³-hybridized carbons (Fsp3) is 0.889. The van der Waals surface area contributed by atoms with E-state index in [-0.39, 0.29) is 25.7 Å². The van der Waals surface area contributed by atoms with Crippen LogP contribution in [0.3, 0.4) is 0 Å². The SMILES string of the molecule is CCCCCC/C=C\C=C/CCCCCCCC(=O)OC[C@H](COP(=O)(O)OC[C@@H](O)COP(=O)(O)OC[C@@H](COC(=O)CCCCCCCCC(C)CC)OC(=O)CCCCCCCCCCCCCC(C)C)OC(=O)CCCCCCCCCCCC(C)C. The maximum atomic E-state index is 13.0. The molecule has 0 spiro atoms. The fourth-order valence-electron chi connectivity index (χ4n) is 10.3. The Kier molecular flexibility index (Phi) is 60.7. The molecule has 0 aliphatic carbocycles. The van der Waals surface area contributed by atoms with E-state index in [1.807, 2.05) is 0 Å². The minimum atomic E-state index is -4.96. The second kappa shape index (κ2) is 62.4. The standard InChI is InChI=1S/C72H136O17P2/c1-8-10-11-12-13-14-15-16-17-18-21-26-31-39-46-53-69(74)82-59-67(88-72(77)56-49-42-33-28-23-25-30-37-44-51-64(5)6)61-86-90(78,79)84-57-66(73)58-85-91(80,81)87-62-68(60-83-70(75)54-47-40-35-34-38-45-52-65(7)9-2)89-71(76)55-48-41-32-27-22-19-20-24-29-36-43-50-63(3)4/h14-17,63-68,73H,8-13,18-62H2,1-7H3,(H,78,79)(H,80,81)/b15-14-,17-16-/t65?,66-,67-,68-/m1/s1. The van der Waals surface area contributed by atoms with Crippen LogP contribution in [0.4, 0.5) is 0 Å². The number of rotatable bonds is 68. The van der Waals surface area contributed by atoms with E-state index in [9.17, 15) is 43.2 Å². The van der Waals surface area contributed by atoms with Crippen LogP contribution in [0.2, 0.25) is 0 Å². The molecule has 0 saturated carbocycles. The Morgan fingerprint density at radius 2 is 0.648 bits per heavy atom. The first-order valence-corrected chi connectivity index (χ1v) is 39.7. The Hall–Kier alpha value is -2.46. The van der Waals surface area contributed by atoms with E-state index in [2.05, 4.69) is 72.8 Å². The van der Waals surface area contributed by atoms with Crippen molar-refractivity contribution in [2.75, 3.05) is 39.6 Å². The summed E-state index contributed by atoms with van der Waals surface area (Å²) in [4.78, 5) is 72.6. The summed E-state index contributed by atoms with van der Waals surface area (Å²) in [6.45, 7) is 11.7. The van der Waals surface area contributed by atoms with Crippen molar-refractivity contribution in [2.24, 2.45) is 17.8 Å². The van der Waals surface area contributed by atoms with E-state index in [0.717, 1.165) is 133 Å². The van der Waals surface area contributed by atoms with Crippen molar-refractivity contribution in [1.29, 1.82) is 0 Å². The topological polar surface area (TPSA) is 237 Å². The molecule has 0 aromatic rings. The van der Waals surface area contributed by atoms with Crippen LogP contribution in [0.5, 0.6) is 0 Å². The Morgan fingerprint density at radius 3 is 0.978 bits per heavy atom. The minimum absolute atomic E-state index is 0.0979. The molecule has 17 nitrogen and oxygen atoms in total. The van der Waals surface area contributed by atoms with Gasteiger partial charge in [-0.1, -0.05) is 285 Å². The van der Waals surface area contributed by atoms with Crippen LogP contribution in [0, 0.1) is 17.8 Å². The number of aliphatic hydroxyl groups excluding tert-OH is 1. The lowest BCUT2D eigenvalue weighted by molar-refractivity contribution is -0.161. The summed E-state index contributed by atoms with van der Waals surface area (Å²) >= 11 is 0. The lowest BCUT2D eigenvalue weighted by Crippen LogP contribution is -2.30. The van der Waals surface area contributed by atoms with Crippen molar-refractivity contribution in [1.82, 2.24) is 0 Å². The molecule has 0 aliphatic rings. The van der Waals surface area contributed by atoms with Gasteiger partial charge in [0.25, 0.3) is 0 Å². The zero-order valence-electron chi connectivity index (χ0n) is 58.8. The molecule has 3 N–H and O–H groups in total. The van der Waals surface area contributed by atoms with Gasteiger partial charge in [-0.2, -0.15) is 0 Å². The quantitative estimate of drug-likeness (QED) is 0.0169. The number of allylic oxidation sites excluding steroid dienone is 4. The lowest BCUT2D eigenvalue weighted by Gasteiger charge is -2.21. The lowest BCUT2D eigenvalue weighted by atomic mass is 10.00. The number of hydrogen-bond acceptors (Lipinski definition) is 15. The monoisotopic (exact) mass is 1330 g/mol. The van der Waals surface area contributed by atoms with Crippen molar-refractivity contribution in [3.05, 3.63) is 24.3 Å². The molecule has 19 heteroatoms. The third kappa shape index (κ3) is 64.6. The number of esters is 4. The molecule has 0 heterocycles. The van der Waals surface area contributed by atoms with Gasteiger partial charge in [0, 0.05) is 25.7 Å². The van der Waals surface area contributed by atoms with E-state index >= 15 is 0 Å². The maximum Gasteiger partial charge on any atom is 0.472 e. The zero-order chi connectivity index (χ0) is 67.3. The van der Waals surface area contributed by atoms with Gasteiger partial charge < -0.3 is 33.8 Å². The molecule has 0 fully saturated rings. The summed E-state index contributed by atoms with van der Waals surface area (Å²) in [7, 11) is -9.92. The highest BCUT2D eigenvalue weighted by molar-refractivity contribution is 7.47. The maximum absolute atomic E-state index is 13.0. The van der Waals surface area contributed by atoms with Crippen LogP contribution in [0.1, 0.15) is 337 Å². The average molecular weight is 1340 g/mol. The van der Waals surface area contributed by atoms with Gasteiger partial charge in [0.2, 0.25) is 0 Å². The van der Waals surface area contributed by atoms with E-state index in [0.29, 0.717) is 25.7 Å². The third-order valence-electron chi connectivity index (χ3n) is 16.4. The van der Waals surface area contributed by atoms with E-state index in [1.54, 1.807) is 0 Å². The van der Waals surface area contributed by atoms with Crippen molar-refractivity contribution in [3.63, 3.8) is 0 Å². The molecule has 6 atom stereocenters. The number of hydrogen-bond donors (Lipinski definition) is 3. The molecular weight excluding hydrogens is 1200 g/mol. The predicted octanol–water partition coefficient (Wildman–Crippen LogP) is 20.2. The fourth-order valence-corrected chi connectivity index (χ4v) is 11.9. The molecule has 91 heavy (non-hydrogen) atoms. The van der Waals surface area contributed by atoms with E-state index in [1.165, 1.54) is 122 Å². The number of carbonyl (C=O) groups is 4. The van der Waals surface area contributed by atoms with Crippen LogP contribution >= 0.6 is 15.6 Å². The minimum Gasteiger partial charge on any atom is -0.462 e. The van der Waals surface area contributed by atoms with Gasteiger partial charge in [0.15, 0.2) is 12.2 Å². The van der Waals surface area contributed by atoms with Gasteiger partial charge in [-0.25, -0.2) is 9.13 Å². The Morgan fingerprint density at radius 1 is 0.363 bits per heavy atom. The Balaban J connectivity index is 5.29. The van der Waals surface area contributed by atoms with Crippen molar-refractivity contribution in [3.8, 4) is 0 Å². The summed E-state index contributed by atoms with van der Waals surface area (Å²) in [5.41, 5.74) is 0. The molecule has 0 radical (unpaired) electrons. The van der Waals surface area contributed by atoms with Gasteiger partial charge in [-0.15, -0.1) is 0 Å². The van der Waals surface area contributed by atoms with Crippen LogP contribution in [0.25, 0.3) is 0 Å². The molecule has 0 aromatic heterocycles. The third-order valence-corrected chi connectivity index (χ3v) is 18.3. The first kappa shape index (κ1) is 88.5. The van der Waals surface area contributed by atoms with Crippen LogP contribution in [-0.2, 0) is 65.4 Å². The molecular formula is C72H136O17P2. The number of phosphoric acid groups is 2. The number of phosphoric ester groups is 2. The van der Waals surface area contributed by atoms with E-state index < -0.39 is 97.5 Å². The largest absolute Gasteiger partial charge is 0.472 e. The van der Waals surface area contributed by atoms with Crippen molar-refractivity contribution < 1.29 is 80.2 Å². The second-order valence-corrected chi connectivity index (χ2v) is 29.4. The molecule has 3 unspecified atom stereocenters. The highest BCUT2D eigenvalue weighted by Crippen LogP contribution is 2.45. The number of carbonyl (C=O) groups excluding carboxylic acids is 4. The summed E-state index contributed by atoms with van der Waals surface area (Å²) in [6, 6.07) is 0. The molecule has 0 amide bonds. The molecule has 0 aliphatic heterocycles. The van der Waals surface area contributed by atoms with Crippen LogP contribution < -0.4 is 0 Å². The van der Waals surface area contributed by atoms with Crippen LogP contribution in [-0.4, -0.2) is 96.7 Å². The first-order chi connectivity index (χ1) is 43.8. The first-order valence-electron chi connectivity index (χ1n) is 36.7. The van der Waals surface area contributed by atoms with Crippen LogP contribution in [0.15, 0.2) is 24.3 Å². The highest BCUT2D eigenvalue weighted by atomic mass is 31.2. The molecule has 0 saturated heterocycles. The molecule has 0 rings (SSSR count). The molecule has 536 valence electrons. The highest BCUT2D eigenvalue weighted by Gasteiger charge is 2.30. The molecule has 0 bridgehead atoms. The number of aliphatic hydroxyl groups is 1. The smallest absolute Gasteiger partial charge is 0.462 e. The predicted molar refractivity (Wildman–Crippen MR) is 367 cm³/mol. The van der Waals surface area contributed by atoms with Gasteiger partial charge >= 0.3 is 39.5 Å². The van der Waals surface area contributed by atoms with E-state index in [4.69, 9.17) is 37.0 Å². The summed E-state index contributed by atoms with van der Waals surface area (Å²) < 4.78 is 68.3. The van der Waals surface area contributed by atoms with Gasteiger partial charge in [0.1, 0.15) is 19.3 Å². The normalized spacial score (nSPS) is 14.6. The molecule has 0 aromatic carbocycles. The van der Waals surface area contributed by atoms with Crippen molar-refractivity contribution in [2.45, 2.75) is 356 Å². The summed E-state index contributed by atoms with van der Waals surface area (Å²) in [6.07, 6.45) is 49.4. The second-order valence-electron chi connectivity index (χ2n) is 26.5. The zero-order valence-corrected chi connectivity index (χ0v) is 60.6. The summed E-state index contributed by atoms with van der Waals surface area (Å²) in [5, 5.41) is 10.6. The Labute approximate surface area is 554 Å². The number of unbranched alkanes of at least 4 members (excludes halogenated alkanes) is 32. The van der Waals surface area contributed by atoms with Crippen molar-refractivity contribution >= 4 is 39.5 Å². The average Bonchev–Trinajstić information content (AvgIpc) is 3.33. The number of ether oxygens (including phenoxy) is 4. The Bertz CT molecular complexity index is 1880. The van der Waals surface area contributed by atoms with Gasteiger partial charge in [-0.05, 0) is 69.1 Å². The van der Waals surface area contributed by atoms with Gasteiger partial charge in [-0.3, -0.25) is 37.3 Å². The summed E-state index contributed by atoms with van der Waals surface area (Å²) in [5.74, 6) is 0.0707. The van der Waals surface area contributed by atoms with Gasteiger partial charge in [0.05, 0.1) is 26.4 Å².